The lowest BCUT2D eigenvalue weighted by atomic mass is 9.69. The van der Waals surface area contributed by atoms with Gasteiger partial charge in [-0.1, -0.05) is 0 Å². The molecule has 0 radical (unpaired) electrons. The lowest BCUT2D eigenvalue weighted by Crippen LogP contribution is -2.64. The van der Waals surface area contributed by atoms with Crippen LogP contribution in [-0.2, 0) is 11.3 Å². The molecule has 2 aromatic heterocycles. The highest BCUT2D eigenvalue weighted by atomic mass is 32.1. The monoisotopic (exact) mass is 358 g/mol. The second kappa shape index (κ2) is 6.72. The maximum Gasteiger partial charge on any atom is 0.313 e. The first-order chi connectivity index (χ1) is 12.2. The third-order valence-corrected chi connectivity index (χ3v) is 6.25. The number of anilines is 1. The summed E-state index contributed by atoms with van der Waals surface area (Å²) in [7, 11) is 0. The summed E-state index contributed by atoms with van der Waals surface area (Å²) in [4.78, 5) is 25.4. The number of hydrogen-bond acceptors (Lipinski definition) is 6. The van der Waals surface area contributed by atoms with Gasteiger partial charge in [-0.15, -0.1) is 0 Å². The van der Waals surface area contributed by atoms with Crippen molar-refractivity contribution in [3.05, 3.63) is 40.8 Å². The van der Waals surface area contributed by atoms with E-state index in [0.29, 0.717) is 12.5 Å². The van der Waals surface area contributed by atoms with Crippen LogP contribution in [0.3, 0.4) is 0 Å². The number of aliphatic carboxylic acids is 1. The van der Waals surface area contributed by atoms with E-state index in [9.17, 15) is 9.90 Å². The van der Waals surface area contributed by atoms with Gasteiger partial charge in [-0.05, 0) is 54.3 Å². The Morgan fingerprint density at radius 1 is 1.36 bits per heavy atom. The molecule has 0 spiro atoms. The molecule has 2 saturated heterocycles. The van der Waals surface area contributed by atoms with Gasteiger partial charge >= 0.3 is 5.97 Å². The highest BCUT2D eigenvalue weighted by Crippen LogP contribution is 2.43. The average Bonchev–Trinajstić information content (AvgIpc) is 3.15. The summed E-state index contributed by atoms with van der Waals surface area (Å²) in [6.07, 6.45) is 5.89. The van der Waals surface area contributed by atoms with Crippen molar-refractivity contribution in [1.29, 1.82) is 0 Å². The standard InChI is InChI=1S/C18H22N4O2S/c23-16(24)18-5-1-8-21(11-14-4-10-25-12-14)15(18)3-9-22(13-18)17-19-6-2-7-20-17/h2,4,6-7,10,12,15H,1,3,5,8-9,11,13H2,(H,23,24)/t15-,18+/m1/s1. The molecule has 0 aromatic carbocycles. The fourth-order valence-electron chi connectivity index (χ4n) is 4.36. The van der Waals surface area contributed by atoms with Gasteiger partial charge in [0.1, 0.15) is 5.41 Å². The SMILES string of the molecule is O=C(O)[C@]12CCCN(Cc3ccsc3)[C@@H]1CCN(c1ncccn1)C2. The number of thiophene rings is 1. The van der Waals surface area contributed by atoms with Crippen molar-refractivity contribution in [3.63, 3.8) is 0 Å². The van der Waals surface area contributed by atoms with Gasteiger partial charge in [0, 0.05) is 38.1 Å². The largest absolute Gasteiger partial charge is 0.481 e. The average molecular weight is 358 g/mol. The van der Waals surface area contributed by atoms with E-state index in [1.54, 1.807) is 29.8 Å². The second-order valence-electron chi connectivity index (χ2n) is 6.94. The summed E-state index contributed by atoms with van der Waals surface area (Å²) >= 11 is 1.69. The van der Waals surface area contributed by atoms with E-state index < -0.39 is 11.4 Å². The Bertz CT molecular complexity index is 724. The molecule has 0 amide bonds. The summed E-state index contributed by atoms with van der Waals surface area (Å²) in [6, 6.07) is 3.99. The predicted octanol–water partition coefficient (Wildman–Crippen LogP) is 2.48. The predicted molar refractivity (Wildman–Crippen MR) is 96.7 cm³/mol. The molecule has 1 N–H and O–H groups in total. The normalized spacial score (nSPS) is 27.0. The van der Waals surface area contributed by atoms with Gasteiger partial charge in [0.15, 0.2) is 0 Å². The molecule has 4 heterocycles. The van der Waals surface area contributed by atoms with Gasteiger partial charge in [-0.2, -0.15) is 11.3 Å². The molecule has 6 nitrogen and oxygen atoms in total. The fourth-order valence-corrected chi connectivity index (χ4v) is 5.02. The van der Waals surface area contributed by atoms with Crippen LogP contribution in [0.25, 0.3) is 0 Å². The summed E-state index contributed by atoms with van der Waals surface area (Å²) in [5.74, 6) is -0.0512. The summed E-state index contributed by atoms with van der Waals surface area (Å²) in [6.45, 7) is 3.09. The second-order valence-corrected chi connectivity index (χ2v) is 7.72. The van der Waals surface area contributed by atoms with Crippen LogP contribution in [-0.4, -0.2) is 51.6 Å². The lowest BCUT2D eigenvalue weighted by Gasteiger charge is -2.52. The van der Waals surface area contributed by atoms with Crippen LogP contribution < -0.4 is 4.90 Å². The topological polar surface area (TPSA) is 69.6 Å². The molecular weight excluding hydrogens is 336 g/mol. The molecule has 0 unspecified atom stereocenters. The third kappa shape index (κ3) is 3.02. The molecule has 7 heteroatoms. The van der Waals surface area contributed by atoms with Crippen molar-refractivity contribution in [3.8, 4) is 0 Å². The van der Waals surface area contributed by atoms with Gasteiger partial charge in [0.2, 0.25) is 5.95 Å². The zero-order valence-electron chi connectivity index (χ0n) is 14.0. The van der Waals surface area contributed by atoms with Crippen LogP contribution >= 0.6 is 11.3 Å². The number of nitrogens with zero attached hydrogens (tertiary/aromatic N) is 4. The van der Waals surface area contributed by atoms with E-state index in [0.717, 1.165) is 38.9 Å². The number of piperidine rings is 2. The highest BCUT2D eigenvalue weighted by Gasteiger charge is 2.53. The number of fused-ring (bicyclic) bond motifs is 1. The zero-order chi connectivity index (χ0) is 17.3. The number of carbonyl (C=O) groups is 1. The number of carboxylic acids is 1. The summed E-state index contributed by atoms with van der Waals surface area (Å²) in [5.41, 5.74) is 0.533. The molecule has 0 saturated carbocycles. The first-order valence-electron chi connectivity index (χ1n) is 8.69. The van der Waals surface area contributed by atoms with Crippen LogP contribution in [0.4, 0.5) is 5.95 Å². The molecule has 4 rings (SSSR count). The van der Waals surface area contributed by atoms with Crippen molar-refractivity contribution >= 4 is 23.3 Å². The molecule has 2 fully saturated rings. The minimum atomic E-state index is -0.744. The molecule has 0 aliphatic carbocycles. The summed E-state index contributed by atoms with van der Waals surface area (Å²) < 4.78 is 0. The van der Waals surface area contributed by atoms with Gasteiger partial charge in [-0.25, -0.2) is 9.97 Å². The van der Waals surface area contributed by atoms with Crippen molar-refractivity contribution in [2.75, 3.05) is 24.5 Å². The Labute approximate surface area is 151 Å². The number of rotatable bonds is 4. The first-order valence-corrected chi connectivity index (χ1v) is 9.64. The number of hydrogen-bond donors (Lipinski definition) is 1. The minimum absolute atomic E-state index is 0.0682. The van der Waals surface area contributed by atoms with E-state index in [2.05, 4.69) is 31.7 Å². The fraction of sp³-hybridized carbons (Fsp3) is 0.500. The van der Waals surface area contributed by atoms with Crippen molar-refractivity contribution in [2.45, 2.75) is 31.8 Å². The maximum absolute atomic E-state index is 12.3. The van der Waals surface area contributed by atoms with E-state index in [1.807, 2.05) is 4.90 Å². The Hall–Kier alpha value is -1.99. The van der Waals surface area contributed by atoms with E-state index in [1.165, 1.54) is 5.56 Å². The van der Waals surface area contributed by atoms with Crippen LogP contribution in [0.1, 0.15) is 24.8 Å². The molecule has 2 aromatic rings. The van der Waals surface area contributed by atoms with Gasteiger partial charge in [0.05, 0.1) is 0 Å². The Morgan fingerprint density at radius 3 is 2.92 bits per heavy atom. The van der Waals surface area contributed by atoms with E-state index >= 15 is 0 Å². The molecule has 2 aliphatic rings. The van der Waals surface area contributed by atoms with E-state index in [4.69, 9.17) is 0 Å². The van der Waals surface area contributed by atoms with Gasteiger partial charge < -0.3 is 10.0 Å². The molecule has 25 heavy (non-hydrogen) atoms. The lowest BCUT2D eigenvalue weighted by molar-refractivity contribution is -0.158. The minimum Gasteiger partial charge on any atom is -0.481 e. The number of likely N-dealkylation sites (tertiary alicyclic amines) is 1. The Balaban J connectivity index is 1.60. The van der Waals surface area contributed by atoms with Crippen molar-refractivity contribution in [2.24, 2.45) is 5.41 Å². The molecule has 2 aliphatic heterocycles. The van der Waals surface area contributed by atoms with Crippen LogP contribution in [0.2, 0.25) is 0 Å². The summed E-state index contributed by atoms with van der Waals surface area (Å²) in [5, 5.41) is 14.4. The van der Waals surface area contributed by atoms with Gasteiger partial charge in [-0.3, -0.25) is 9.69 Å². The molecule has 132 valence electrons. The molecular formula is C18H22N4O2S. The van der Waals surface area contributed by atoms with E-state index in [-0.39, 0.29) is 6.04 Å². The quantitative estimate of drug-likeness (QED) is 0.905. The van der Waals surface area contributed by atoms with Crippen LogP contribution in [0.5, 0.6) is 0 Å². The number of aromatic nitrogens is 2. The van der Waals surface area contributed by atoms with Crippen LogP contribution in [0, 0.1) is 5.41 Å². The zero-order valence-corrected chi connectivity index (χ0v) is 14.9. The van der Waals surface area contributed by atoms with Crippen molar-refractivity contribution in [1.82, 2.24) is 14.9 Å². The number of carboxylic acid groups (broad SMARTS) is 1. The Kier molecular flexibility index (Phi) is 4.43. The van der Waals surface area contributed by atoms with Crippen molar-refractivity contribution < 1.29 is 9.90 Å². The first kappa shape index (κ1) is 16.5. The molecule has 0 bridgehead atoms. The Morgan fingerprint density at radius 2 is 2.20 bits per heavy atom. The van der Waals surface area contributed by atoms with Gasteiger partial charge in [0.25, 0.3) is 0 Å². The smallest absolute Gasteiger partial charge is 0.313 e. The highest BCUT2D eigenvalue weighted by molar-refractivity contribution is 7.07. The maximum atomic E-state index is 12.3. The van der Waals surface area contributed by atoms with Crippen LogP contribution in [0.15, 0.2) is 35.3 Å². The third-order valence-electron chi connectivity index (χ3n) is 5.52. The molecule has 2 atom stereocenters.